The molecule has 2 rings (SSSR count). The van der Waals surface area contributed by atoms with Crippen LogP contribution in [-0.4, -0.2) is 28.5 Å². The molecule has 0 spiro atoms. The summed E-state index contributed by atoms with van der Waals surface area (Å²) < 4.78 is 0. The second-order valence-electron chi connectivity index (χ2n) is 5.43. The fraction of sp³-hybridized carbons (Fsp3) is 0.353. The lowest BCUT2D eigenvalue weighted by molar-refractivity contribution is 0.0948. The van der Waals surface area contributed by atoms with Gasteiger partial charge in [0.15, 0.2) is 0 Å². The Morgan fingerprint density at radius 3 is 2.68 bits per heavy atom. The van der Waals surface area contributed by atoms with Crippen molar-refractivity contribution in [3.8, 4) is 0 Å². The molecule has 0 unspecified atom stereocenters. The van der Waals surface area contributed by atoms with E-state index in [9.17, 15) is 4.79 Å². The molecule has 0 atom stereocenters. The maximum absolute atomic E-state index is 12.1. The molecule has 1 heterocycles. The Morgan fingerprint density at radius 1 is 1.18 bits per heavy atom. The molecule has 1 aromatic carbocycles. The van der Waals surface area contributed by atoms with Crippen LogP contribution in [0.3, 0.4) is 0 Å². The van der Waals surface area contributed by atoms with E-state index in [1.54, 1.807) is 6.07 Å². The number of nitrogens with one attached hydrogen (secondary N) is 2. The van der Waals surface area contributed by atoms with E-state index in [0.717, 1.165) is 12.8 Å². The molecule has 0 radical (unpaired) electrons. The van der Waals surface area contributed by atoms with Gasteiger partial charge in [0.05, 0.1) is 0 Å². The molecule has 0 saturated heterocycles. The van der Waals surface area contributed by atoms with E-state index < -0.39 is 0 Å². The van der Waals surface area contributed by atoms with E-state index in [1.165, 1.54) is 11.9 Å². The molecular weight excluding hydrogens is 276 g/mol. The number of aryl methyl sites for hydroxylation is 1. The van der Waals surface area contributed by atoms with Gasteiger partial charge in [0.1, 0.15) is 17.8 Å². The number of carbonyl (C=O) groups excluding carboxylic acids is 1. The number of benzene rings is 1. The van der Waals surface area contributed by atoms with Gasteiger partial charge in [-0.05, 0) is 32.3 Å². The first-order valence-electron chi connectivity index (χ1n) is 7.56. The second-order valence-corrected chi connectivity index (χ2v) is 5.43. The van der Waals surface area contributed by atoms with Crippen LogP contribution in [0.5, 0.6) is 0 Å². The Balaban J connectivity index is 1.79. The Bertz CT molecular complexity index is 599. The van der Waals surface area contributed by atoms with Gasteiger partial charge in [-0.3, -0.25) is 4.79 Å². The Kier molecular flexibility index (Phi) is 5.89. The van der Waals surface area contributed by atoms with E-state index in [0.29, 0.717) is 18.1 Å². The highest BCUT2D eigenvalue weighted by Crippen LogP contribution is 2.06. The Labute approximate surface area is 131 Å². The van der Waals surface area contributed by atoms with Crippen LogP contribution in [0.2, 0.25) is 0 Å². The van der Waals surface area contributed by atoms with Crippen LogP contribution in [0.4, 0.5) is 5.82 Å². The van der Waals surface area contributed by atoms with Crippen LogP contribution in [0.15, 0.2) is 42.7 Å². The van der Waals surface area contributed by atoms with Crippen LogP contribution < -0.4 is 10.6 Å². The minimum absolute atomic E-state index is 0.165. The molecule has 0 aliphatic rings. The molecule has 2 aromatic rings. The van der Waals surface area contributed by atoms with Gasteiger partial charge in [-0.2, -0.15) is 0 Å². The summed E-state index contributed by atoms with van der Waals surface area (Å²) in [5.74, 6) is 0.502. The van der Waals surface area contributed by atoms with Crippen molar-refractivity contribution in [2.24, 2.45) is 0 Å². The molecule has 1 aromatic heterocycles. The van der Waals surface area contributed by atoms with E-state index in [2.05, 4.69) is 32.7 Å². The molecule has 0 aliphatic carbocycles. The molecule has 5 heteroatoms. The van der Waals surface area contributed by atoms with Gasteiger partial charge in [-0.15, -0.1) is 0 Å². The number of rotatable bonds is 7. The van der Waals surface area contributed by atoms with Crippen LogP contribution >= 0.6 is 0 Å². The normalized spacial score (nSPS) is 10.5. The molecule has 116 valence electrons. The number of aromatic nitrogens is 2. The SMILES string of the molecule is CC(C)Nc1cc(C(=O)NCCCc2ccccc2)ncn1. The first-order chi connectivity index (χ1) is 10.6. The Morgan fingerprint density at radius 2 is 1.95 bits per heavy atom. The van der Waals surface area contributed by atoms with Crippen molar-refractivity contribution in [2.75, 3.05) is 11.9 Å². The number of anilines is 1. The van der Waals surface area contributed by atoms with E-state index in [-0.39, 0.29) is 11.9 Å². The zero-order valence-electron chi connectivity index (χ0n) is 13.0. The summed E-state index contributed by atoms with van der Waals surface area (Å²) >= 11 is 0. The summed E-state index contributed by atoms with van der Waals surface area (Å²) in [5, 5.41) is 6.05. The van der Waals surface area contributed by atoms with Gasteiger partial charge in [0.25, 0.3) is 5.91 Å². The average Bonchev–Trinajstić information content (AvgIpc) is 2.52. The van der Waals surface area contributed by atoms with Gasteiger partial charge in [0, 0.05) is 18.7 Å². The summed E-state index contributed by atoms with van der Waals surface area (Å²) in [7, 11) is 0. The van der Waals surface area contributed by atoms with Crippen molar-refractivity contribution in [1.29, 1.82) is 0 Å². The van der Waals surface area contributed by atoms with Crippen molar-refractivity contribution in [3.63, 3.8) is 0 Å². The summed E-state index contributed by atoms with van der Waals surface area (Å²) in [6.45, 7) is 4.67. The fourth-order valence-corrected chi connectivity index (χ4v) is 2.09. The van der Waals surface area contributed by atoms with Crippen molar-refractivity contribution in [3.05, 3.63) is 54.0 Å². The van der Waals surface area contributed by atoms with E-state index in [1.807, 2.05) is 32.0 Å². The number of carbonyl (C=O) groups is 1. The topological polar surface area (TPSA) is 66.9 Å². The third-order valence-corrected chi connectivity index (χ3v) is 3.11. The summed E-state index contributed by atoms with van der Waals surface area (Å²) in [6.07, 6.45) is 3.26. The number of hydrogen-bond acceptors (Lipinski definition) is 4. The highest BCUT2D eigenvalue weighted by atomic mass is 16.1. The predicted molar refractivity (Wildman–Crippen MR) is 87.9 cm³/mol. The Hall–Kier alpha value is -2.43. The minimum atomic E-state index is -0.165. The maximum atomic E-state index is 12.1. The van der Waals surface area contributed by atoms with Gasteiger partial charge < -0.3 is 10.6 Å². The highest BCUT2D eigenvalue weighted by molar-refractivity contribution is 5.92. The van der Waals surface area contributed by atoms with Crippen LogP contribution in [0, 0.1) is 0 Å². The van der Waals surface area contributed by atoms with Gasteiger partial charge in [0.2, 0.25) is 0 Å². The lowest BCUT2D eigenvalue weighted by Gasteiger charge is -2.09. The summed E-state index contributed by atoms with van der Waals surface area (Å²) in [6, 6.07) is 12.2. The number of hydrogen-bond donors (Lipinski definition) is 2. The minimum Gasteiger partial charge on any atom is -0.368 e. The van der Waals surface area contributed by atoms with Crippen LogP contribution in [-0.2, 0) is 6.42 Å². The van der Waals surface area contributed by atoms with Crippen LogP contribution in [0.25, 0.3) is 0 Å². The van der Waals surface area contributed by atoms with Crippen molar-refractivity contribution in [2.45, 2.75) is 32.7 Å². The van der Waals surface area contributed by atoms with Crippen molar-refractivity contribution in [1.82, 2.24) is 15.3 Å². The van der Waals surface area contributed by atoms with Crippen molar-refractivity contribution < 1.29 is 4.79 Å². The molecule has 1 amide bonds. The summed E-state index contributed by atoms with van der Waals surface area (Å²) in [4.78, 5) is 20.2. The smallest absolute Gasteiger partial charge is 0.270 e. The quantitative estimate of drug-likeness (QED) is 0.771. The maximum Gasteiger partial charge on any atom is 0.270 e. The second kappa shape index (κ2) is 8.12. The lowest BCUT2D eigenvalue weighted by atomic mass is 10.1. The zero-order valence-corrected chi connectivity index (χ0v) is 13.0. The largest absolute Gasteiger partial charge is 0.368 e. The average molecular weight is 298 g/mol. The monoisotopic (exact) mass is 298 g/mol. The van der Waals surface area contributed by atoms with Gasteiger partial charge >= 0.3 is 0 Å². The standard InChI is InChI=1S/C17H22N4O/c1-13(2)21-16-11-15(19-12-20-16)17(22)18-10-6-9-14-7-4-3-5-8-14/h3-5,7-8,11-13H,6,9-10H2,1-2H3,(H,18,22)(H,19,20,21). The zero-order chi connectivity index (χ0) is 15.8. The summed E-state index contributed by atoms with van der Waals surface area (Å²) in [5.41, 5.74) is 1.67. The van der Waals surface area contributed by atoms with E-state index in [4.69, 9.17) is 0 Å². The fourth-order valence-electron chi connectivity index (χ4n) is 2.09. The molecule has 0 saturated carbocycles. The number of amides is 1. The number of nitrogens with zero attached hydrogens (tertiary/aromatic N) is 2. The van der Waals surface area contributed by atoms with Crippen molar-refractivity contribution >= 4 is 11.7 Å². The lowest BCUT2D eigenvalue weighted by Crippen LogP contribution is -2.26. The van der Waals surface area contributed by atoms with Gasteiger partial charge in [-0.1, -0.05) is 30.3 Å². The molecule has 2 N–H and O–H groups in total. The molecular formula is C17H22N4O. The first-order valence-corrected chi connectivity index (χ1v) is 7.56. The highest BCUT2D eigenvalue weighted by Gasteiger charge is 2.08. The van der Waals surface area contributed by atoms with Crippen LogP contribution in [0.1, 0.15) is 36.3 Å². The van der Waals surface area contributed by atoms with E-state index >= 15 is 0 Å². The third-order valence-electron chi connectivity index (χ3n) is 3.11. The molecule has 0 fully saturated rings. The molecule has 5 nitrogen and oxygen atoms in total. The third kappa shape index (κ3) is 5.16. The van der Waals surface area contributed by atoms with Gasteiger partial charge in [-0.25, -0.2) is 9.97 Å². The molecule has 0 aliphatic heterocycles. The molecule has 22 heavy (non-hydrogen) atoms. The first kappa shape index (κ1) is 15.9. The molecule has 0 bridgehead atoms. The predicted octanol–water partition coefficient (Wildman–Crippen LogP) is 2.66.